The predicted octanol–water partition coefficient (Wildman–Crippen LogP) is 5.16. The maximum atomic E-state index is 9.85. The highest BCUT2D eigenvalue weighted by Crippen LogP contribution is 2.38. The van der Waals surface area contributed by atoms with Crippen LogP contribution in [-0.4, -0.2) is 41.7 Å². The Morgan fingerprint density at radius 3 is 2.79 bits per heavy atom. The number of anilines is 3. The second-order valence-electron chi connectivity index (χ2n) is 11.1. The van der Waals surface area contributed by atoms with Crippen molar-refractivity contribution in [2.75, 3.05) is 36.2 Å². The van der Waals surface area contributed by atoms with Crippen LogP contribution in [0, 0.1) is 16.7 Å². The summed E-state index contributed by atoms with van der Waals surface area (Å²) in [5.41, 5.74) is 9.98. The van der Waals surface area contributed by atoms with Crippen molar-refractivity contribution in [3.63, 3.8) is 0 Å². The Hall–Kier alpha value is -3.74. The summed E-state index contributed by atoms with van der Waals surface area (Å²) in [6.07, 6.45) is 7.42. The highest BCUT2D eigenvalue weighted by atomic mass is 35.5. The molecule has 1 fully saturated rings. The van der Waals surface area contributed by atoms with E-state index in [0.717, 1.165) is 12.8 Å². The fourth-order valence-electron chi connectivity index (χ4n) is 4.34. The molecule has 2 aliphatic rings. The molecule has 4 N–H and O–H groups in total. The Kier molecular flexibility index (Phi) is 6.60. The summed E-state index contributed by atoms with van der Waals surface area (Å²) in [7, 11) is 3.82. The van der Waals surface area contributed by atoms with E-state index in [0.29, 0.717) is 62.5 Å². The third-order valence-corrected chi connectivity index (χ3v) is 6.68. The Bertz CT molecular complexity index is 1470. The molecule has 38 heavy (non-hydrogen) atoms. The molecule has 9 nitrogen and oxygen atoms in total. The summed E-state index contributed by atoms with van der Waals surface area (Å²) in [5.74, 6) is 0.667. The van der Waals surface area contributed by atoms with Crippen LogP contribution in [0.3, 0.4) is 0 Å². The predicted molar refractivity (Wildman–Crippen MR) is 154 cm³/mol. The van der Waals surface area contributed by atoms with Gasteiger partial charge in [-0.15, -0.1) is 5.53 Å². The SMILES string of the molecule is [2H]C(Nc1cc(Cl)c2ncc(C#N)c(NCC(C)(C)C)c2c1)(C1=CN(C2CC2)NN1)c1cccnc1N(C)C. The van der Waals surface area contributed by atoms with Crippen LogP contribution in [0.25, 0.3) is 10.9 Å². The van der Waals surface area contributed by atoms with Crippen LogP contribution in [0.1, 0.15) is 52.1 Å². The zero-order valence-electron chi connectivity index (χ0n) is 23.4. The van der Waals surface area contributed by atoms with Gasteiger partial charge in [0.05, 0.1) is 34.9 Å². The largest absolute Gasteiger partial charge is 0.383 e. The summed E-state index contributed by atoms with van der Waals surface area (Å²) in [4.78, 5) is 10.9. The first kappa shape index (κ1) is 24.6. The first-order valence-electron chi connectivity index (χ1n) is 13.2. The van der Waals surface area contributed by atoms with E-state index in [1.54, 1.807) is 18.5 Å². The number of hydrazine groups is 2. The van der Waals surface area contributed by atoms with Crippen molar-refractivity contribution in [2.45, 2.75) is 45.7 Å². The molecule has 0 spiro atoms. The highest BCUT2D eigenvalue weighted by Gasteiger charge is 2.33. The Labute approximate surface area is 230 Å². The van der Waals surface area contributed by atoms with Gasteiger partial charge < -0.3 is 21.0 Å². The molecule has 198 valence electrons. The second kappa shape index (κ2) is 10.2. The van der Waals surface area contributed by atoms with E-state index in [-0.39, 0.29) is 5.41 Å². The van der Waals surface area contributed by atoms with Crippen LogP contribution in [0.5, 0.6) is 0 Å². The Balaban J connectivity index is 1.64. The number of pyridine rings is 2. The normalized spacial score (nSPS) is 17.2. The molecule has 0 amide bonds. The molecule has 3 heterocycles. The Morgan fingerprint density at radius 1 is 1.32 bits per heavy atom. The number of nitriles is 1. The maximum Gasteiger partial charge on any atom is 0.133 e. The maximum absolute atomic E-state index is 9.85. The van der Waals surface area contributed by atoms with Gasteiger partial charge in [-0.1, -0.05) is 38.4 Å². The van der Waals surface area contributed by atoms with Gasteiger partial charge in [-0.25, -0.2) is 4.98 Å². The van der Waals surface area contributed by atoms with Gasteiger partial charge in [0.1, 0.15) is 11.9 Å². The first-order valence-corrected chi connectivity index (χ1v) is 13.1. The van der Waals surface area contributed by atoms with E-state index in [1.165, 1.54) is 0 Å². The van der Waals surface area contributed by atoms with E-state index in [2.05, 4.69) is 58.4 Å². The van der Waals surface area contributed by atoms with Gasteiger partial charge >= 0.3 is 0 Å². The summed E-state index contributed by atoms with van der Waals surface area (Å²) in [6.45, 7) is 7.03. The fraction of sp³-hybridized carbons (Fsp3) is 0.393. The minimum absolute atomic E-state index is 0.0117. The third-order valence-electron chi connectivity index (χ3n) is 6.39. The smallest absolute Gasteiger partial charge is 0.133 e. The van der Waals surface area contributed by atoms with Crippen LogP contribution >= 0.6 is 11.6 Å². The summed E-state index contributed by atoms with van der Waals surface area (Å²) in [6, 6.07) is 8.60. The number of nitrogens with one attached hydrogen (secondary N) is 4. The number of fused-ring (bicyclic) bond motifs is 1. The number of halogens is 1. The van der Waals surface area contributed by atoms with Crippen LogP contribution in [-0.2, 0) is 0 Å². The Morgan fingerprint density at radius 2 is 2.11 bits per heavy atom. The van der Waals surface area contributed by atoms with Crippen molar-refractivity contribution < 1.29 is 1.37 Å². The average molecular weight is 533 g/mol. The molecule has 0 saturated heterocycles. The van der Waals surface area contributed by atoms with Crippen LogP contribution in [0.2, 0.25) is 5.02 Å². The number of hydrogen-bond acceptors (Lipinski definition) is 9. The van der Waals surface area contributed by atoms with Crippen LogP contribution in [0.4, 0.5) is 17.2 Å². The van der Waals surface area contributed by atoms with Gasteiger partial charge in [-0.3, -0.25) is 9.99 Å². The molecule has 1 aliphatic heterocycles. The topological polar surface area (TPSA) is 104 Å². The average Bonchev–Trinajstić information content (AvgIpc) is 3.62. The van der Waals surface area contributed by atoms with E-state index >= 15 is 0 Å². The second-order valence-corrected chi connectivity index (χ2v) is 11.5. The van der Waals surface area contributed by atoms with E-state index in [1.807, 2.05) is 48.4 Å². The van der Waals surface area contributed by atoms with E-state index < -0.39 is 6.02 Å². The van der Waals surface area contributed by atoms with E-state index in [9.17, 15) is 6.63 Å². The molecule has 1 atom stereocenters. The number of nitrogens with zero attached hydrogens (tertiary/aromatic N) is 5. The molecule has 0 radical (unpaired) electrons. The standard InChI is InChI=1S/C28H34ClN9/c1-28(2,3)16-33-24-17(13-30)14-32-25-21(24)11-18(12-22(25)29)34-26(20-7-6-10-31-27(20)37(4)5)23-15-38(36-35-23)19-8-9-19/h6-7,10-12,14-15,19,26,34-36H,8-9,16H2,1-5H3,(H,32,33)/i26D. The van der Waals surface area contributed by atoms with E-state index in [4.69, 9.17) is 11.6 Å². The van der Waals surface area contributed by atoms with Crippen molar-refractivity contribution in [1.82, 2.24) is 25.9 Å². The number of rotatable bonds is 8. The van der Waals surface area contributed by atoms with Crippen molar-refractivity contribution >= 4 is 39.7 Å². The number of aromatic nitrogens is 2. The monoisotopic (exact) mass is 532 g/mol. The van der Waals surface area contributed by atoms with Crippen molar-refractivity contribution in [3.8, 4) is 6.07 Å². The summed E-state index contributed by atoms with van der Waals surface area (Å²) in [5, 5.41) is 19.9. The van der Waals surface area contributed by atoms with Crippen molar-refractivity contribution in [2.24, 2.45) is 5.41 Å². The first-order chi connectivity index (χ1) is 18.5. The van der Waals surface area contributed by atoms with Gasteiger partial charge in [-0.05, 0) is 36.5 Å². The molecule has 1 saturated carbocycles. The molecule has 10 heteroatoms. The molecular formula is C28H34ClN9. The summed E-state index contributed by atoms with van der Waals surface area (Å²) >= 11 is 6.76. The van der Waals surface area contributed by atoms with Gasteiger partial charge in [-0.2, -0.15) is 5.26 Å². The lowest BCUT2D eigenvalue weighted by molar-refractivity contribution is 0.260. The van der Waals surface area contributed by atoms with Gasteiger partial charge in [0.15, 0.2) is 0 Å². The minimum Gasteiger partial charge on any atom is -0.383 e. The highest BCUT2D eigenvalue weighted by molar-refractivity contribution is 6.35. The summed E-state index contributed by atoms with van der Waals surface area (Å²) < 4.78 is 9.85. The third kappa shape index (κ3) is 5.42. The lowest BCUT2D eigenvalue weighted by atomic mass is 9.96. The molecule has 3 aromatic rings. The zero-order valence-corrected chi connectivity index (χ0v) is 23.1. The molecule has 2 aromatic heterocycles. The lowest BCUT2D eigenvalue weighted by Gasteiger charge is -2.26. The van der Waals surface area contributed by atoms with Gasteiger partial charge in [0.2, 0.25) is 0 Å². The number of hydrogen-bond donors (Lipinski definition) is 4. The molecule has 1 aliphatic carbocycles. The molecule has 5 rings (SSSR count). The van der Waals surface area contributed by atoms with Crippen LogP contribution < -0.4 is 26.5 Å². The molecular weight excluding hydrogens is 498 g/mol. The molecule has 0 bridgehead atoms. The van der Waals surface area contributed by atoms with Crippen molar-refractivity contribution in [1.29, 1.82) is 5.26 Å². The lowest BCUT2D eigenvalue weighted by Crippen LogP contribution is -2.38. The zero-order chi connectivity index (χ0) is 27.9. The fourth-order valence-corrected chi connectivity index (χ4v) is 4.61. The minimum atomic E-state index is -1.46. The van der Waals surface area contributed by atoms with Crippen LogP contribution in [0.15, 0.2) is 48.6 Å². The van der Waals surface area contributed by atoms with Crippen molar-refractivity contribution in [3.05, 3.63) is 64.7 Å². The van der Waals surface area contributed by atoms with Gasteiger partial charge in [0, 0.05) is 61.9 Å². The molecule has 1 aromatic carbocycles. The quantitative estimate of drug-likeness (QED) is 0.313. The molecule has 1 unspecified atom stereocenters. The number of benzene rings is 1. The van der Waals surface area contributed by atoms with Gasteiger partial charge in [0.25, 0.3) is 0 Å².